The Morgan fingerprint density at radius 3 is 1.71 bits per heavy atom. The van der Waals surface area contributed by atoms with Crippen molar-refractivity contribution in [2.45, 2.75) is 38.5 Å². The lowest BCUT2D eigenvalue weighted by molar-refractivity contribution is 0.659. The third kappa shape index (κ3) is 5.23. The van der Waals surface area contributed by atoms with Gasteiger partial charge in [0.15, 0.2) is 0 Å². The molecule has 62 heavy (non-hydrogen) atoms. The molecule has 2 nitrogen and oxygen atoms in total. The standard InChI is InChI=1S/C60H46N2/c1-59(2)51-27-15-11-24-45(51)47-33-32-42(38-53(47)59)62(54-29-17-13-23-43(54)39-19-7-5-8-20-39)58-44(34-35-49-46-25-12-16-28-52(46)60(3,4)57(49)58)40-31-36-56-50(37-40)48-26-14-18-30-55(48)61(56)41-21-9-6-10-22-41/h5-38H,1-4H3. The van der Waals surface area contributed by atoms with Gasteiger partial charge in [0.1, 0.15) is 0 Å². The number of hydrogen-bond acceptors (Lipinski definition) is 1. The lowest BCUT2D eigenvalue weighted by atomic mass is 9.79. The van der Waals surface area contributed by atoms with E-state index in [1.807, 2.05) is 0 Å². The number of rotatable bonds is 6. The molecule has 0 amide bonds. The molecule has 2 heteroatoms. The summed E-state index contributed by atoms with van der Waals surface area (Å²) in [6.07, 6.45) is 0. The molecule has 2 aliphatic rings. The van der Waals surface area contributed by atoms with E-state index in [0.29, 0.717) is 0 Å². The molecule has 9 aromatic carbocycles. The minimum atomic E-state index is -0.295. The van der Waals surface area contributed by atoms with Gasteiger partial charge in [0, 0.05) is 44.1 Å². The molecular formula is C60H46N2. The van der Waals surface area contributed by atoms with E-state index in [9.17, 15) is 0 Å². The zero-order chi connectivity index (χ0) is 41.7. The maximum Gasteiger partial charge on any atom is 0.0587 e. The highest BCUT2D eigenvalue weighted by Gasteiger charge is 2.41. The van der Waals surface area contributed by atoms with Crippen molar-refractivity contribution in [1.29, 1.82) is 0 Å². The zero-order valence-electron chi connectivity index (χ0n) is 35.5. The van der Waals surface area contributed by atoms with E-state index in [1.54, 1.807) is 0 Å². The summed E-state index contributed by atoms with van der Waals surface area (Å²) in [5.41, 5.74) is 22.1. The van der Waals surface area contributed by atoms with E-state index in [1.165, 1.54) is 94.3 Å². The molecule has 0 spiro atoms. The molecule has 12 rings (SSSR count). The topological polar surface area (TPSA) is 8.17 Å². The van der Waals surface area contributed by atoms with E-state index in [0.717, 1.165) is 17.1 Å². The van der Waals surface area contributed by atoms with Gasteiger partial charge in [0.05, 0.1) is 22.4 Å². The fourth-order valence-electron chi connectivity index (χ4n) is 11.1. The molecule has 2 aliphatic carbocycles. The van der Waals surface area contributed by atoms with Gasteiger partial charge in [-0.1, -0.05) is 185 Å². The van der Waals surface area contributed by atoms with E-state index in [2.05, 4.69) is 243 Å². The predicted octanol–water partition coefficient (Wildman–Crippen LogP) is 16.2. The van der Waals surface area contributed by atoms with Crippen molar-refractivity contribution in [2.75, 3.05) is 4.90 Å². The molecule has 0 aliphatic heterocycles. The normalized spacial score (nSPS) is 14.1. The van der Waals surface area contributed by atoms with Gasteiger partial charge in [-0.15, -0.1) is 0 Å². The van der Waals surface area contributed by atoms with Crippen LogP contribution in [0.1, 0.15) is 49.9 Å². The second kappa shape index (κ2) is 13.5. The van der Waals surface area contributed by atoms with Crippen LogP contribution in [0, 0.1) is 0 Å². The zero-order valence-corrected chi connectivity index (χ0v) is 35.5. The molecule has 0 bridgehead atoms. The third-order valence-electron chi connectivity index (χ3n) is 14.0. The molecule has 0 saturated heterocycles. The van der Waals surface area contributed by atoms with Crippen LogP contribution in [-0.4, -0.2) is 4.57 Å². The second-order valence-corrected chi connectivity index (χ2v) is 18.1. The number of nitrogens with zero attached hydrogens (tertiary/aromatic N) is 2. The Bertz CT molecular complexity index is 3400. The van der Waals surface area contributed by atoms with Crippen LogP contribution in [0.3, 0.4) is 0 Å². The molecule has 0 radical (unpaired) electrons. The molecule has 1 heterocycles. The minimum absolute atomic E-state index is 0.165. The number of benzene rings is 9. The lowest BCUT2D eigenvalue weighted by Gasteiger charge is -2.36. The van der Waals surface area contributed by atoms with Gasteiger partial charge in [0.25, 0.3) is 0 Å². The SMILES string of the molecule is CC1(C)c2ccccc2-c2ccc(N(c3ccccc3-c3ccccc3)c3c(-c4ccc5c(c4)c4ccccc4n5-c4ccccc4)ccc4c3C(C)(C)c3ccccc3-4)cc21. The Morgan fingerprint density at radius 2 is 0.935 bits per heavy atom. The van der Waals surface area contributed by atoms with Gasteiger partial charge in [-0.2, -0.15) is 0 Å². The van der Waals surface area contributed by atoms with Crippen molar-refractivity contribution in [3.63, 3.8) is 0 Å². The van der Waals surface area contributed by atoms with Gasteiger partial charge in [-0.25, -0.2) is 0 Å². The lowest BCUT2D eigenvalue weighted by Crippen LogP contribution is -2.22. The summed E-state index contributed by atoms with van der Waals surface area (Å²) >= 11 is 0. The van der Waals surface area contributed by atoms with Crippen molar-refractivity contribution >= 4 is 38.9 Å². The number of anilines is 3. The Balaban J connectivity index is 1.19. The monoisotopic (exact) mass is 794 g/mol. The quantitative estimate of drug-likeness (QED) is 0.163. The maximum absolute atomic E-state index is 2.61. The van der Waals surface area contributed by atoms with Crippen molar-refractivity contribution in [3.05, 3.63) is 229 Å². The van der Waals surface area contributed by atoms with Crippen molar-refractivity contribution in [3.8, 4) is 50.2 Å². The summed E-state index contributed by atoms with van der Waals surface area (Å²) in [5, 5.41) is 2.49. The van der Waals surface area contributed by atoms with Crippen LogP contribution in [0.15, 0.2) is 206 Å². The minimum Gasteiger partial charge on any atom is -0.309 e. The molecule has 0 fully saturated rings. The largest absolute Gasteiger partial charge is 0.309 e. The molecule has 0 atom stereocenters. The van der Waals surface area contributed by atoms with E-state index < -0.39 is 0 Å². The van der Waals surface area contributed by atoms with Crippen LogP contribution in [0.5, 0.6) is 0 Å². The highest BCUT2D eigenvalue weighted by atomic mass is 15.2. The first-order valence-corrected chi connectivity index (χ1v) is 21.9. The number of para-hydroxylation sites is 3. The fraction of sp³-hybridized carbons (Fsp3) is 0.100. The first-order valence-electron chi connectivity index (χ1n) is 21.9. The predicted molar refractivity (Wildman–Crippen MR) is 261 cm³/mol. The van der Waals surface area contributed by atoms with Crippen LogP contribution < -0.4 is 4.90 Å². The van der Waals surface area contributed by atoms with Gasteiger partial charge in [0.2, 0.25) is 0 Å². The third-order valence-corrected chi connectivity index (χ3v) is 14.0. The molecule has 0 N–H and O–H groups in total. The Kier molecular flexibility index (Phi) is 7.96. The van der Waals surface area contributed by atoms with E-state index in [4.69, 9.17) is 0 Å². The summed E-state index contributed by atoms with van der Waals surface area (Å²) < 4.78 is 2.41. The molecule has 10 aromatic rings. The van der Waals surface area contributed by atoms with Crippen LogP contribution in [-0.2, 0) is 10.8 Å². The summed E-state index contributed by atoms with van der Waals surface area (Å²) in [5.74, 6) is 0. The summed E-state index contributed by atoms with van der Waals surface area (Å²) in [4.78, 5) is 2.61. The Morgan fingerprint density at radius 1 is 0.371 bits per heavy atom. The molecule has 0 unspecified atom stereocenters. The van der Waals surface area contributed by atoms with Crippen molar-refractivity contribution in [1.82, 2.24) is 4.57 Å². The van der Waals surface area contributed by atoms with Crippen LogP contribution in [0.2, 0.25) is 0 Å². The molecule has 1 aromatic heterocycles. The van der Waals surface area contributed by atoms with E-state index >= 15 is 0 Å². The first kappa shape index (κ1) is 36.4. The summed E-state index contributed by atoms with van der Waals surface area (Å²) in [7, 11) is 0. The van der Waals surface area contributed by atoms with Gasteiger partial charge in [-0.05, 0) is 104 Å². The molecular weight excluding hydrogens is 749 g/mol. The van der Waals surface area contributed by atoms with Crippen LogP contribution >= 0.6 is 0 Å². The van der Waals surface area contributed by atoms with Gasteiger partial charge >= 0.3 is 0 Å². The first-order chi connectivity index (χ1) is 30.3. The van der Waals surface area contributed by atoms with Crippen LogP contribution in [0.25, 0.3) is 72.0 Å². The number of hydrogen-bond donors (Lipinski definition) is 0. The number of fused-ring (bicyclic) bond motifs is 9. The van der Waals surface area contributed by atoms with Crippen molar-refractivity contribution < 1.29 is 0 Å². The van der Waals surface area contributed by atoms with Gasteiger partial charge in [-0.3, -0.25) is 0 Å². The second-order valence-electron chi connectivity index (χ2n) is 18.1. The average Bonchev–Trinajstić information content (AvgIpc) is 3.86. The van der Waals surface area contributed by atoms with Gasteiger partial charge < -0.3 is 9.47 Å². The Labute approximate surface area is 364 Å². The smallest absolute Gasteiger partial charge is 0.0587 e. The fourth-order valence-corrected chi connectivity index (χ4v) is 11.1. The van der Waals surface area contributed by atoms with Crippen LogP contribution in [0.4, 0.5) is 17.1 Å². The Hall–Kier alpha value is -7.42. The average molecular weight is 795 g/mol. The highest BCUT2D eigenvalue weighted by molar-refractivity contribution is 6.11. The maximum atomic E-state index is 2.61. The molecule has 0 saturated carbocycles. The molecule has 296 valence electrons. The number of aromatic nitrogens is 1. The summed E-state index contributed by atoms with van der Waals surface area (Å²) in [6.45, 7) is 9.61. The highest BCUT2D eigenvalue weighted by Crippen LogP contribution is 2.59. The van der Waals surface area contributed by atoms with Crippen molar-refractivity contribution in [2.24, 2.45) is 0 Å². The summed E-state index contributed by atoms with van der Waals surface area (Å²) in [6, 6.07) is 76.6. The van der Waals surface area contributed by atoms with E-state index in [-0.39, 0.29) is 10.8 Å².